The Bertz CT molecular complexity index is 964. The number of ether oxygens (including phenoxy) is 1. The van der Waals surface area contributed by atoms with Crippen LogP contribution in [0, 0.1) is 0 Å². The third-order valence-corrected chi connectivity index (χ3v) is 7.35. The second-order valence-corrected chi connectivity index (χ2v) is 15.5. The Morgan fingerprint density at radius 3 is 2.44 bits per heavy atom. The molecule has 0 saturated carbocycles. The molecular formula is C24H36N4O5Si. The van der Waals surface area contributed by atoms with E-state index in [0.717, 1.165) is 12.8 Å². The predicted molar refractivity (Wildman–Crippen MR) is 133 cm³/mol. The number of carbonyl (C=O) groups excluding carboxylic acids is 3. The number of para-hydroxylation sites is 2. The first-order chi connectivity index (χ1) is 16.2. The highest BCUT2D eigenvalue weighted by molar-refractivity contribution is 6.76. The quantitative estimate of drug-likeness (QED) is 0.391. The lowest BCUT2D eigenvalue weighted by molar-refractivity contribution is -0.123. The summed E-state index contributed by atoms with van der Waals surface area (Å²) in [6.07, 6.45) is 2.10. The smallest absolute Gasteiger partial charge is 0.318 e. The van der Waals surface area contributed by atoms with Gasteiger partial charge in [-0.25, -0.2) is 9.78 Å². The normalized spacial score (nSPS) is 16.2. The zero-order valence-electron chi connectivity index (χ0n) is 20.6. The SMILES string of the molecule is CCCC[C@H](NC(=O)[C@H](C[Si](C)(C)C)NC(=O)N1CCOCC1)C(=O)c1nc2ccccc2o1. The van der Waals surface area contributed by atoms with Gasteiger partial charge in [0.2, 0.25) is 11.7 Å². The lowest BCUT2D eigenvalue weighted by Gasteiger charge is -2.31. The molecule has 9 nitrogen and oxygen atoms in total. The third-order valence-electron chi connectivity index (χ3n) is 5.71. The molecule has 3 amide bonds. The molecule has 2 aromatic rings. The van der Waals surface area contributed by atoms with Crippen molar-refractivity contribution >= 4 is 36.9 Å². The molecule has 34 heavy (non-hydrogen) atoms. The minimum absolute atomic E-state index is 0.0123. The first-order valence-electron chi connectivity index (χ1n) is 12.0. The van der Waals surface area contributed by atoms with Crippen molar-refractivity contribution in [2.45, 2.75) is 64.0 Å². The number of hydrogen-bond donors (Lipinski definition) is 2. The number of fused-ring (bicyclic) bond motifs is 1. The van der Waals surface area contributed by atoms with E-state index in [9.17, 15) is 14.4 Å². The number of oxazole rings is 1. The number of benzene rings is 1. The number of rotatable bonds is 10. The molecule has 0 bridgehead atoms. The van der Waals surface area contributed by atoms with Crippen molar-refractivity contribution < 1.29 is 23.5 Å². The second kappa shape index (κ2) is 11.6. The Balaban J connectivity index is 1.76. The molecule has 2 N–H and O–H groups in total. The molecule has 0 spiro atoms. The average Bonchev–Trinajstić information content (AvgIpc) is 3.24. The van der Waals surface area contributed by atoms with E-state index in [1.807, 2.05) is 19.1 Å². The van der Waals surface area contributed by atoms with Crippen LogP contribution >= 0.6 is 0 Å². The third kappa shape index (κ3) is 7.14. The van der Waals surface area contributed by atoms with Gasteiger partial charge in [0.05, 0.1) is 19.3 Å². The maximum atomic E-state index is 13.4. The van der Waals surface area contributed by atoms with E-state index in [1.54, 1.807) is 17.0 Å². The van der Waals surface area contributed by atoms with E-state index in [4.69, 9.17) is 9.15 Å². The minimum Gasteiger partial charge on any atom is -0.434 e. The van der Waals surface area contributed by atoms with Gasteiger partial charge >= 0.3 is 6.03 Å². The van der Waals surface area contributed by atoms with Crippen molar-refractivity contribution in [3.63, 3.8) is 0 Å². The fraction of sp³-hybridized carbons (Fsp3) is 0.583. The highest BCUT2D eigenvalue weighted by Crippen LogP contribution is 2.18. The van der Waals surface area contributed by atoms with Gasteiger partial charge in [-0.1, -0.05) is 51.5 Å². The van der Waals surface area contributed by atoms with Gasteiger partial charge in [0.25, 0.3) is 5.89 Å². The van der Waals surface area contributed by atoms with Crippen molar-refractivity contribution in [3.05, 3.63) is 30.2 Å². The second-order valence-electron chi connectivity index (χ2n) is 9.92. The van der Waals surface area contributed by atoms with Crippen LogP contribution in [-0.2, 0) is 9.53 Å². The number of morpholine rings is 1. The molecule has 1 aliphatic heterocycles. The van der Waals surface area contributed by atoms with E-state index >= 15 is 0 Å². The molecular weight excluding hydrogens is 452 g/mol. The molecule has 1 fully saturated rings. The molecule has 2 atom stereocenters. The van der Waals surface area contributed by atoms with Crippen LogP contribution in [0.2, 0.25) is 25.7 Å². The van der Waals surface area contributed by atoms with E-state index in [1.165, 1.54) is 0 Å². The van der Waals surface area contributed by atoms with E-state index < -0.39 is 20.2 Å². The summed E-state index contributed by atoms with van der Waals surface area (Å²) in [6, 6.07) is 5.96. The molecule has 0 aliphatic carbocycles. The largest absolute Gasteiger partial charge is 0.434 e. The standard InChI is InChI=1S/C24H36N4O5Si/c1-5-6-9-18(21(29)23-26-17-10-7-8-11-20(17)33-23)25-22(30)19(16-34(2,3)4)27-24(31)28-12-14-32-15-13-28/h7-8,10-11,18-19H,5-6,9,12-16H2,1-4H3,(H,25,30)(H,27,31)/t18-,19-/m0/s1. The maximum Gasteiger partial charge on any atom is 0.318 e. The van der Waals surface area contributed by atoms with Crippen LogP contribution in [-0.4, -0.2) is 74.1 Å². The van der Waals surface area contributed by atoms with E-state index in [2.05, 4.69) is 35.3 Å². The molecule has 0 radical (unpaired) electrons. The summed E-state index contributed by atoms with van der Waals surface area (Å²) in [5, 5.41) is 5.81. The average molecular weight is 489 g/mol. The molecule has 2 heterocycles. The highest BCUT2D eigenvalue weighted by Gasteiger charge is 2.33. The van der Waals surface area contributed by atoms with Gasteiger partial charge in [-0.15, -0.1) is 0 Å². The number of Topliss-reactive ketones (excluding diaryl/α,β-unsaturated/α-hetero) is 1. The van der Waals surface area contributed by atoms with Gasteiger partial charge in [0.1, 0.15) is 11.6 Å². The van der Waals surface area contributed by atoms with Crippen molar-refractivity contribution in [2.75, 3.05) is 26.3 Å². The number of ketones is 1. The summed E-state index contributed by atoms with van der Waals surface area (Å²) in [4.78, 5) is 45.4. The van der Waals surface area contributed by atoms with Crippen LogP contribution in [0.5, 0.6) is 0 Å². The molecule has 1 aromatic carbocycles. The fourth-order valence-corrected chi connectivity index (χ4v) is 5.42. The lowest BCUT2D eigenvalue weighted by atomic mass is 10.0. The predicted octanol–water partition coefficient (Wildman–Crippen LogP) is 3.43. The summed E-state index contributed by atoms with van der Waals surface area (Å²) in [5.74, 6) is -0.722. The van der Waals surface area contributed by atoms with Crippen LogP contribution in [0.1, 0.15) is 36.9 Å². The number of unbranched alkanes of at least 4 members (excludes halogenated alkanes) is 1. The van der Waals surface area contributed by atoms with Gasteiger partial charge in [0.15, 0.2) is 5.58 Å². The van der Waals surface area contributed by atoms with E-state index in [-0.39, 0.29) is 23.6 Å². The Morgan fingerprint density at radius 1 is 1.09 bits per heavy atom. The topological polar surface area (TPSA) is 114 Å². The van der Waals surface area contributed by atoms with Crippen LogP contribution in [0.25, 0.3) is 11.1 Å². The lowest BCUT2D eigenvalue weighted by Crippen LogP contribution is -2.57. The monoisotopic (exact) mass is 488 g/mol. The molecule has 0 unspecified atom stereocenters. The first kappa shape index (κ1) is 25.9. The number of aromatic nitrogens is 1. The fourth-order valence-electron chi connectivity index (χ4n) is 3.90. The van der Waals surface area contributed by atoms with E-state index in [0.29, 0.717) is 49.9 Å². The number of hydrogen-bond acceptors (Lipinski definition) is 6. The Labute approximate surface area is 201 Å². The number of nitrogens with zero attached hydrogens (tertiary/aromatic N) is 2. The summed E-state index contributed by atoms with van der Waals surface area (Å²) in [6.45, 7) is 10.4. The highest BCUT2D eigenvalue weighted by atomic mass is 28.3. The Hall–Kier alpha value is -2.72. The van der Waals surface area contributed by atoms with Crippen molar-refractivity contribution in [2.24, 2.45) is 0 Å². The number of carbonyl (C=O) groups is 3. The molecule has 1 aliphatic rings. The van der Waals surface area contributed by atoms with Gasteiger partial charge in [-0.05, 0) is 24.6 Å². The number of nitrogens with one attached hydrogen (secondary N) is 2. The van der Waals surface area contributed by atoms with Crippen LogP contribution in [0.15, 0.2) is 28.7 Å². The zero-order chi connectivity index (χ0) is 24.7. The van der Waals surface area contributed by atoms with Gasteiger partial charge in [0, 0.05) is 21.2 Å². The number of amides is 3. The number of urea groups is 1. The molecule has 3 rings (SSSR count). The van der Waals surface area contributed by atoms with Crippen LogP contribution < -0.4 is 10.6 Å². The van der Waals surface area contributed by atoms with Crippen molar-refractivity contribution in [1.82, 2.24) is 20.5 Å². The maximum absolute atomic E-state index is 13.4. The van der Waals surface area contributed by atoms with Crippen LogP contribution in [0.4, 0.5) is 4.79 Å². The molecule has 186 valence electrons. The van der Waals surface area contributed by atoms with Crippen LogP contribution in [0.3, 0.4) is 0 Å². The Kier molecular flexibility index (Phi) is 8.84. The summed E-state index contributed by atoms with van der Waals surface area (Å²) in [5.41, 5.74) is 1.13. The van der Waals surface area contributed by atoms with Gasteiger partial charge < -0.3 is 24.7 Å². The van der Waals surface area contributed by atoms with Gasteiger partial charge in [-0.3, -0.25) is 9.59 Å². The van der Waals surface area contributed by atoms with Crippen molar-refractivity contribution in [3.8, 4) is 0 Å². The summed E-state index contributed by atoms with van der Waals surface area (Å²) in [7, 11) is -1.72. The summed E-state index contributed by atoms with van der Waals surface area (Å²) >= 11 is 0. The van der Waals surface area contributed by atoms with Gasteiger partial charge in [-0.2, -0.15) is 0 Å². The Morgan fingerprint density at radius 2 is 1.79 bits per heavy atom. The minimum atomic E-state index is -1.72. The zero-order valence-corrected chi connectivity index (χ0v) is 21.6. The first-order valence-corrected chi connectivity index (χ1v) is 15.7. The summed E-state index contributed by atoms with van der Waals surface area (Å²) < 4.78 is 11.0. The molecule has 10 heteroatoms. The molecule has 1 saturated heterocycles. The molecule has 1 aromatic heterocycles. The van der Waals surface area contributed by atoms with Crippen molar-refractivity contribution in [1.29, 1.82) is 0 Å².